The summed E-state index contributed by atoms with van der Waals surface area (Å²) in [4.78, 5) is 33.0. The highest BCUT2D eigenvalue weighted by molar-refractivity contribution is 5.78. The zero-order chi connectivity index (χ0) is 21.9. The van der Waals surface area contributed by atoms with Gasteiger partial charge in [-0.05, 0) is 47.5 Å². The van der Waals surface area contributed by atoms with Gasteiger partial charge in [0.15, 0.2) is 0 Å². The first kappa shape index (κ1) is 49.0. The topological polar surface area (TPSA) is 78.9 Å². The van der Waals surface area contributed by atoms with Crippen LogP contribution in [0.25, 0.3) is 0 Å². The third-order valence-corrected chi connectivity index (χ3v) is 4.64. The Hall–Kier alpha value is -1.21. The van der Waals surface area contributed by atoms with Gasteiger partial charge in [0, 0.05) is 41.4 Å². The van der Waals surface area contributed by atoms with Gasteiger partial charge in [0.25, 0.3) is 0 Å². The molecular weight excluding hydrogens is 419 g/mol. The zero-order valence-corrected chi connectivity index (χ0v) is 19.6. The molecule has 0 aliphatic rings. The second-order valence-electron chi connectivity index (χ2n) is 7.22. The highest BCUT2D eigenvalue weighted by Gasteiger charge is 2.20. The van der Waals surface area contributed by atoms with Gasteiger partial charge in [0.2, 0.25) is 0 Å². The summed E-state index contributed by atoms with van der Waals surface area (Å²) >= 11 is 0. The summed E-state index contributed by atoms with van der Waals surface area (Å²) in [5.74, 6) is 0.304. The fourth-order valence-corrected chi connectivity index (χ4v) is 2.82. The summed E-state index contributed by atoms with van der Waals surface area (Å²) in [6.07, 6.45) is 7.19. The van der Waals surface area contributed by atoms with Crippen molar-refractivity contribution in [2.75, 3.05) is 20.8 Å². The molecule has 0 aromatic carbocycles. The van der Waals surface area contributed by atoms with Crippen molar-refractivity contribution in [3.63, 3.8) is 0 Å². The Kier molecular flexibility index (Phi) is 49.0. The second-order valence-corrected chi connectivity index (χ2v) is 7.22. The Morgan fingerprint density at radius 1 is 0.788 bits per heavy atom. The fraction of sp³-hybridized carbons (Fsp3) is 0.885. The van der Waals surface area contributed by atoms with E-state index in [0.29, 0.717) is 19.4 Å². The van der Waals surface area contributed by atoms with E-state index >= 15 is 0 Å². The van der Waals surface area contributed by atoms with Crippen molar-refractivity contribution in [2.45, 2.75) is 128 Å². The molecule has 0 heterocycles. The minimum Gasteiger partial charge on any atom is -0.466 e. The van der Waals surface area contributed by atoms with E-state index < -0.39 is 0 Å². The highest BCUT2D eigenvalue weighted by Crippen LogP contribution is 2.18. The van der Waals surface area contributed by atoms with Gasteiger partial charge >= 0.3 is 5.97 Å². The van der Waals surface area contributed by atoms with Crippen LogP contribution in [0.4, 0.5) is 0 Å². The van der Waals surface area contributed by atoms with E-state index in [9.17, 15) is 14.4 Å². The molecule has 3 unspecified atom stereocenters. The first-order valence-corrected chi connectivity index (χ1v) is 10.4. The smallest absolute Gasteiger partial charge is 0.305 e. The first-order chi connectivity index (χ1) is 13.2. The molecule has 0 bridgehead atoms. The number of hydrogen-bond donors (Lipinski definition) is 0. The van der Waals surface area contributed by atoms with Gasteiger partial charge in [-0.3, -0.25) is 14.4 Å². The molecule has 33 heavy (non-hydrogen) atoms. The Morgan fingerprint density at radius 3 is 1.64 bits per heavy atom. The molecule has 0 amide bonds. The minimum atomic E-state index is -0.0990. The molecular formula is C26H58BO6. The standard InChI is InChI=1S/C16H30O4.C6H12O2.4CH4.B/c1-5-20-16(18)12-10-8-6-7-9-11-15(13(2)17)14(3)19-4;1-5(7)4-6(2)8-3;;;;;/h14-15H,5-12H2,1-4H3;6H,4H2,1-3H3;4*1H4;. The molecule has 0 spiro atoms. The Labute approximate surface area is 209 Å². The number of hydrogen-bond acceptors (Lipinski definition) is 6. The maximum Gasteiger partial charge on any atom is 0.305 e. The van der Waals surface area contributed by atoms with Crippen molar-refractivity contribution < 1.29 is 28.6 Å². The van der Waals surface area contributed by atoms with Crippen molar-refractivity contribution >= 4 is 25.9 Å². The normalized spacial score (nSPS) is 11.6. The van der Waals surface area contributed by atoms with Crippen LogP contribution in [-0.4, -0.2) is 59.0 Å². The number of ketones is 2. The van der Waals surface area contributed by atoms with E-state index in [0.717, 1.165) is 38.5 Å². The maximum absolute atomic E-state index is 11.5. The number of carbonyl (C=O) groups excluding carboxylic acids is 3. The van der Waals surface area contributed by atoms with Crippen LogP contribution in [-0.2, 0) is 28.6 Å². The van der Waals surface area contributed by atoms with Crippen LogP contribution in [0.2, 0.25) is 0 Å². The monoisotopic (exact) mass is 477 g/mol. The molecule has 6 nitrogen and oxygen atoms in total. The van der Waals surface area contributed by atoms with Gasteiger partial charge in [-0.2, -0.15) is 0 Å². The van der Waals surface area contributed by atoms with Gasteiger partial charge in [-0.25, -0.2) is 0 Å². The van der Waals surface area contributed by atoms with Crippen LogP contribution < -0.4 is 0 Å². The highest BCUT2D eigenvalue weighted by atomic mass is 16.5. The predicted octanol–water partition coefficient (Wildman–Crippen LogP) is 6.68. The molecule has 0 aliphatic heterocycles. The Bertz CT molecular complexity index is 429. The molecule has 0 fully saturated rings. The van der Waals surface area contributed by atoms with Crippen LogP contribution >= 0.6 is 0 Å². The van der Waals surface area contributed by atoms with Crippen LogP contribution in [0.3, 0.4) is 0 Å². The van der Waals surface area contributed by atoms with E-state index in [2.05, 4.69) is 0 Å². The minimum absolute atomic E-state index is 0. The Balaban J connectivity index is -0.0000000906. The first-order valence-electron chi connectivity index (χ1n) is 10.4. The molecule has 3 atom stereocenters. The maximum atomic E-state index is 11.5. The number of unbranched alkanes of at least 4 members (excludes halogenated alkanes) is 4. The molecule has 7 heteroatoms. The molecule has 0 aromatic rings. The number of esters is 1. The van der Waals surface area contributed by atoms with E-state index in [1.165, 1.54) is 0 Å². The molecule has 0 aromatic heterocycles. The molecule has 201 valence electrons. The third kappa shape index (κ3) is 33.1. The largest absolute Gasteiger partial charge is 0.466 e. The lowest BCUT2D eigenvalue weighted by molar-refractivity contribution is -0.143. The average molecular weight is 478 g/mol. The van der Waals surface area contributed by atoms with Gasteiger partial charge in [-0.15, -0.1) is 0 Å². The van der Waals surface area contributed by atoms with Crippen molar-refractivity contribution in [1.82, 2.24) is 0 Å². The van der Waals surface area contributed by atoms with E-state index in [1.54, 1.807) is 28.1 Å². The van der Waals surface area contributed by atoms with Crippen molar-refractivity contribution in [3.05, 3.63) is 0 Å². The molecule has 0 saturated carbocycles. The zero-order valence-electron chi connectivity index (χ0n) is 19.6. The second kappa shape index (κ2) is 33.0. The van der Waals surface area contributed by atoms with Gasteiger partial charge in [0.1, 0.15) is 11.6 Å². The summed E-state index contributed by atoms with van der Waals surface area (Å²) in [5, 5.41) is 0. The molecule has 0 saturated heterocycles. The average Bonchev–Trinajstić information content (AvgIpc) is 2.63. The van der Waals surface area contributed by atoms with E-state index in [1.807, 2.05) is 20.8 Å². The van der Waals surface area contributed by atoms with E-state index in [-0.39, 0.29) is 73.8 Å². The summed E-state index contributed by atoms with van der Waals surface area (Å²) in [6.45, 7) is 9.31. The summed E-state index contributed by atoms with van der Waals surface area (Å²) < 4.78 is 15.0. The number of Topliss-reactive ketones (excluding diaryl/α,β-unsaturated/α-hetero) is 2. The number of ether oxygens (including phenoxy) is 3. The number of rotatable bonds is 15. The molecule has 0 aliphatic carbocycles. The van der Waals surface area contributed by atoms with Gasteiger partial charge in [0.05, 0.1) is 18.8 Å². The lowest BCUT2D eigenvalue weighted by Gasteiger charge is -2.20. The fourth-order valence-electron chi connectivity index (χ4n) is 2.82. The van der Waals surface area contributed by atoms with Crippen LogP contribution in [0.1, 0.15) is 116 Å². The summed E-state index contributed by atoms with van der Waals surface area (Å²) in [6, 6.07) is 0. The lowest BCUT2D eigenvalue weighted by Crippen LogP contribution is -2.25. The predicted molar refractivity (Wildman–Crippen MR) is 144 cm³/mol. The van der Waals surface area contributed by atoms with Crippen molar-refractivity contribution in [2.24, 2.45) is 5.92 Å². The number of carbonyl (C=O) groups is 3. The van der Waals surface area contributed by atoms with Crippen molar-refractivity contribution in [3.8, 4) is 0 Å². The van der Waals surface area contributed by atoms with Gasteiger partial charge in [-0.1, -0.05) is 55.4 Å². The van der Waals surface area contributed by atoms with Gasteiger partial charge < -0.3 is 14.2 Å². The molecule has 3 radical (unpaired) electrons. The summed E-state index contributed by atoms with van der Waals surface area (Å²) in [7, 11) is 3.25. The summed E-state index contributed by atoms with van der Waals surface area (Å²) in [5.41, 5.74) is 0. The van der Waals surface area contributed by atoms with Crippen LogP contribution in [0.15, 0.2) is 0 Å². The van der Waals surface area contributed by atoms with Crippen LogP contribution in [0, 0.1) is 5.92 Å². The lowest BCUT2D eigenvalue weighted by atomic mass is 9.92. The Morgan fingerprint density at radius 2 is 1.27 bits per heavy atom. The quantitative estimate of drug-likeness (QED) is 0.149. The molecule has 0 rings (SSSR count). The number of methoxy groups -OCH3 is 2. The SMILES string of the molecule is C.C.C.C.CCOC(=O)CCCCCCCC(C(C)=O)C(C)OC.COC(C)CC(C)=O.[B]. The van der Waals surface area contributed by atoms with Crippen molar-refractivity contribution in [1.29, 1.82) is 0 Å². The third-order valence-electron chi connectivity index (χ3n) is 4.64. The van der Waals surface area contributed by atoms with Crippen LogP contribution in [0.5, 0.6) is 0 Å². The molecule has 0 N–H and O–H groups in total. The van der Waals surface area contributed by atoms with E-state index in [4.69, 9.17) is 14.2 Å².